The van der Waals surface area contributed by atoms with Crippen LogP contribution in [0.3, 0.4) is 0 Å². The number of halogens is 1. The fourth-order valence-corrected chi connectivity index (χ4v) is 2.76. The van der Waals surface area contributed by atoms with Crippen molar-refractivity contribution in [3.8, 4) is 0 Å². The maximum atomic E-state index is 11.9. The van der Waals surface area contributed by atoms with E-state index in [9.17, 15) is 13.5 Å². The summed E-state index contributed by atoms with van der Waals surface area (Å²) in [5.74, 6) is 0. The van der Waals surface area contributed by atoms with Crippen molar-refractivity contribution in [1.82, 2.24) is 0 Å². The largest absolute Gasteiger partial charge is 0.387 e. The molecule has 5 heteroatoms. The van der Waals surface area contributed by atoms with E-state index in [1.165, 1.54) is 0 Å². The second kappa shape index (κ2) is 5.50. The zero-order valence-electron chi connectivity index (χ0n) is 10.1. The Hall–Kier alpha value is -0.390. The monoisotopic (exact) mass is 320 g/mol. The predicted molar refractivity (Wildman–Crippen MR) is 72.1 cm³/mol. The molecule has 0 spiro atoms. The van der Waals surface area contributed by atoms with Crippen molar-refractivity contribution in [3.05, 3.63) is 29.8 Å². The van der Waals surface area contributed by atoms with E-state index in [0.29, 0.717) is 10.5 Å². The number of hydrogen-bond acceptors (Lipinski definition) is 3. The molecule has 0 aliphatic carbocycles. The van der Waals surface area contributed by atoms with Crippen LogP contribution in [0.25, 0.3) is 0 Å². The normalized spacial score (nSPS) is 15.9. The molecule has 0 aromatic heterocycles. The van der Waals surface area contributed by atoms with Gasteiger partial charge in [-0.15, -0.1) is 0 Å². The van der Waals surface area contributed by atoms with E-state index < -0.39 is 21.2 Å². The molecule has 2 unspecified atom stereocenters. The van der Waals surface area contributed by atoms with Gasteiger partial charge >= 0.3 is 0 Å². The topological polar surface area (TPSA) is 54.4 Å². The number of rotatable bonds is 4. The third kappa shape index (κ3) is 3.30. The second-order valence-corrected chi connectivity index (χ2v) is 8.23. The Bertz CT molecular complexity index is 463. The molecule has 3 nitrogen and oxygen atoms in total. The molecule has 1 aromatic carbocycles. The average Bonchev–Trinajstić information content (AvgIpc) is 2.27. The summed E-state index contributed by atoms with van der Waals surface area (Å²) in [4.78, 5) is 0.223. The van der Waals surface area contributed by atoms with Crippen LogP contribution in [-0.4, -0.2) is 23.6 Å². The molecule has 0 bridgehead atoms. The first kappa shape index (κ1) is 14.7. The molecule has 0 radical (unpaired) electrons. The van der Waals surface area contributed by atoms with Crippen LogP contribution in [-0.2, 0) is 9.84 Å². The molecule has 1 rings (SSSR count). The fraction of sp³-hybridized carbons (Fsp3) is 0.500. The Labute approximate surface area is 111 Å². The van der Waals surface area contributed by atoms with Gasteiger partial charge in [0.05, 0.1) is 16.2 Å². The van der Waals surface area contributed by atoms with Crippen molar-refractivity contribution in [2.24, 2.45) is 0 Å². The van der Waals surface area contributed by atoms with E-state index in [0.717, 1.165) is 0 Å². The third-order valence-electron chi connectivity index (χ3n) is 2.61. The van der Waals surface area contributed by atoms with Gasteiger partial charge in [0.15, 0.2) is 9.84 Å². The van der Waals surface area contributed by atoms with Gasteiger partial charge in [-0.25, -0.2) is 8.42 Å². The summed E-state index contributed by atoms with van der Waals surface area (Å²) < 4.78 is 23.8. The van der Waals surface area contributed by atoms with Gasteiger partial charge in [-0.3, -0.25) is 0 Å². The Balaban J connectivity index is 3.05. The zero-order chi connectivity index (χ0) is 13.2. The van der Waals surface area contributed by atoms with Crippen molar-refractivity contribution < 1.29 is 13.5 Å². The minimum Gasteiger partial charge on any atom is -0.387 e. The van der Waals surface area contributed by atoms with Gasteiger partial charge in [0.1, 0.15) is 0 Å². The average molecular weight is 321 g/mol. The highest BCUT2D eigenvalue weighted by atomic mass is 79.9. The lowest BCUT2D eigenvalue weighted by Gasteiger charge is -2.14. The molecule has 17 heavy (non-hydrogen) atoms. The molecule has 96 valence electrons. The van der Waals surface area contributed by atoms with Crippen LogP contribution in [0, 0.1) is 0 Å². The molecule has 0 saturated heterocycles. The first-order valence-electron chi connectivity index (χ1n) is 5.43. The van der Waals surface area contributed by atoms with Gasteiger partial charge in [0.25, 0.3) is 0 Å². The predicted octanol–water partition coefficient (Wildman–Crippen LogP) is 2.69. The smallest absolute Gasteiger partial charge is 0.180 e. The number of hydrogen-bond donors (Lipinski definition) is 1. The summed E-state index contributed by atoms with van der Waals surface area (Å²) >= 11 is 3.29. The van der Waals surface area contributed by atoms with Crippen LogP contribution in [0.5, 0.6) is 0 Å². The van der Waals surface area contributed by atoms with Crippen LogP contribution in [0.2, 0.25) is 0 Å². The summed E-state index contributed by atoms with van der Waals surface area (Å²) in [6.45, 7) is 5.14. The van der Waals surface area contributed by atoms with E-state index in [1.807, 2.05) is 6.92 Å². The SMILES string of the molecule is CC(Br)C(O)c1ccc(S(=O)(=O)C(C)C)cc1. The molecule has 0 amide bonds. The number of aliphatic hydroxyl groups is 1. The molecular weight excluding hydrogens is 304 g/mol. The standard InChI is InChI=1S/C12H17BrO3S/c1-8(2)17(15,16)11-6-4-10(5-7-11)12(14)9(3)13/h4-9,12,14H,1-3H3. The third-order valence-corrected chi connectivity index (χ3v) is 5.28. The van der Waals surface area contributed by atoms with Crippen molar-refractivity contribution in [1.29, 1.82) is 0 Å². The van der Waals surface area contributed by atoms with Crippen LogP contribution >= 0.6 is 15.9 Å². The number of sulfone groups is 1. The van der Waals surface area contributed by atoms with Crippen molar-refractivity contribution >= 4 is 25.8 Å². The van der Waals surface area contributed by atoms with Gasteiger partial charge < -0.3 is 5.11 Å². The van der Waals surface area contributed by atoms with Gasteiger partial charge in [-0.2, -0.15) is 0 Å². The van der Waals surface area contributed by atoms with E-state index in [2.05, 4.69) is 15.9 Å². The highest BCUT2D eigenvalue weighted by Gasteiger charge is 2.20. The lowest BCUT2D eigenvalue weighted by Crippen LogP contribution is -2.14. The van der Waals surface area contributed by atoms with E-state index in [1.54, 1.807) is 38.1 Å². The van der Waals surface area contributed by atoms with Gasteiger partial charge in [0, 0.05) is 4.83 Å². The number of aliphatic hydroxyl groups excluding tert-OH is 1. The summed E-state index contributed by atoms with van der Waals surface area (Å²) in [6, 6.07) is 6.39. The van der Waals surface area contributed by atoms with Crippen molar-refractivity contribution in [2.45, 2.75) is 41.8 Å². The molecule has 0 aliphatic heterocycles. The maximum Gasteiger partial charge on any atom is 0.180 e. The lowest BCUT2D eigenvalue weighted by molar-refractivity contribution is 0.181. The fourth-order valence-electron chi connectivity index (χ4n) is 1.39. The van der Waals surface area contributed by atoms with E-state index >= 15 is 0 Å². The molecule has 2 atom stereocenters. The van der Waals surface area contributed by atoms with E-state index in [-0.39, 0.29) is 4.83 Å². The zero-order valence-corrected chi connectivity index (χ0v) is 12.5. The molecular formula is C12H17BrO3S. The van der Waals surface area contributed by atoms with Crippen molar-refractivity contribution in [2.75, 3.05) is 0 Å². The highest BCUT2D eigenvalue weighted by molar-refractivity contribution is 9.09. The van der Waals surface area contributed by atoms with Crippen LogP contribution in [0.1, 0.15) is 32.4 Å². The van der Waals surface area contributed by atoms with Crippen LogP contribution in [0.4, 0.5) is 0 Å². The van der Waals surface area contributed by atoms with Crippen LogP contribution < -0.4 is 0 Å². The number of benzene rings is 1. The number of alkyl halides is 1. The van der Waals surface area contributed by atoms with Gasteiger partial charge in [0.2, 0.25) is 0 Å². The molecule has 0 fully saturated rings. The van der Waals surface area contributed by atoms with Crippen molar-refractivity contribution in [3.63, 3.8) is 0 Å². The summed E-state index contributed by atoms with van der Waals surface area (Å²) in [6.07, 6.45) is -0.634. The van der Waals surface area contributed by atoms with Crippen LogP contribution in [0.15, 0.2) is 29.2 Å². The second-order valence-electron chi connectivity index (χ2n) is 4.29. The van der Waals surface area contributed by atoms with Gasteiger partial charge in [-0.05, 0) is 38.5 Å². The Morgan fingerprint density at radius 1 is 1.12 bits per heavy atom. The minimum atomic E-state index is -3.23. The molecule has 0 heterocycles. The first-order valence-corrected chi connectivity index (χ1v) is 7.89. The molecule has 0 saturated carbocycles. The highest BCUT2D eigenvalue weighted by Crippen LogP contribution is 2.24. The molecule has 1 aromatic rings. The summed E-state index contributed by atoms with van der Waals surface area (Å²) in [5, 5.41) is 9.37. The minimum absolute atomic E-state index is 0.0740. The van der Waals surface area contributed by atoms with E-state index in [4.69, 9.17) is 0 Å². The lowest BCUT2D eigenvalue weighted by atomic mass is 10.1. The maximum absolute atomic E-state index is 11.9. The summed E-state index contributed by atoms with van der Waals surface area (Å²) in [7, 11) is -3.23. The first-order chi connectivity index (χ1) is 7.76. The molecule has 0 aliphatic rings. The summed E-state index contributed by atoms with van der Waals surface area (Å²) in [5.41, 5.74) is 0.706. The quantitative estimate of drug-likeness (QED) is 0.868. The Kier molecular flexibility index (Phi) is 4.75. The Morgan fingerprint density at radius 2 is 1.59 bits per heavy atom. The Morgan fingerprint density at radius 3 is 1.94 bits per heavy atom. The van der Waals surface area contributed by atoms with Gasteiger partial charge in [-0.1, -0.05) is 28.1 Å². The molecule has 1 N–H and O–H groups in total.